The number of halogens is 2. The van der Waals surface area contributed by atoms with Crippen LogP contribution >= 0.6 is 27.5 Å². The van der Waals surface area contributed by atoms with E-state index < -0.39 is 23.5 Å². The number of amides is 3. The molecule has 51 heavy (non-hydrogen) atoms. The molecule has 5 aromatic rings. The van der Waals surface area contributed by atoms with E-state index in [4.69, 9.17) is 26.8 Å². The molecule has 3 aromatic carbocycles. The monoisotopic (exact) mass is 773 g/mol. The lowest BCUT2D eigenvalue weighted by Crippen LogP contribution is -2.41. The van der Waals surface area contributed by atoms with E-state index in [0.29, 0.717) is 49.2 Å². The molecule has 1 saturated carbocycles. The van der Waals surface area contributed by atoms with Crippen LogP contribution in [0.1, 0.15) is 57.9 Å². The van der Waals surface area contributed by atoms with Gasteiger partial charge in [0.1, 0.15) is 17.2 Å². The minimum Gasteiger partial charge on any atom is -0.490 e. The van der Waals surface area contributed by atoms with E-state index in [1.165, 1.54) is 4.57 Å². The zero-order chi connectivity index (χ0) is 35.8. The van der Waals surface area contributed by atoms with E-state index in [-0.39, 0.29) is 43.9 Å². The number of hydrogen-bond acceptors (Lipinski definition) is 7. The zero-order valence-corrected chi connectivity index (χ0v) is 29.8. The molecule has 1 atom stereocenters. The summed E-state index contributed by atoms with van der Waals surface area (Å²) in [5.74, 6) is -0.346. The third kappa shape index (κ3) is 7.14. The van der Waals surface area contributed by atoms with E-state index in [2.05, 4.69) is 26.3 Å². The number of primary amides is 1. The summed E-state index contributed by atoms with van der Waals surface area (Å²) in [7, 11) is 0. The van der Waals surface area contributed by atoms with Crippen molar-refractivity contribution in [2.45, 2.75) is 45.0 Å². The Balaban J connectivity index is 1.25. The molecule has 262 valence electrons. The Morgan fingerprint density at radius 2 is 1.82 bits per heavy atom. The fraction of sp³-hybridized carbons (Fsp3) is 0.250. The molecule has 0 bridgehead atoms. The predicted molar refractivity (Wildman–Crippen MR) is 192 cm³/mol. The Hall–Kier alpha value is -5.34. The van der Waals surface area contributed by atoms with Crippen LogP contribution in [0.2, 0.25) is 5.02 Å². The summed E-state index contributed by atoms with van der Waals surface area (Å²) in [4.78, 5) is 55.2. The smallest absolute Gasteiger partial charge is 0.333 e. The Labute approximate surface area is 305 Å². The number of fused-ring (bicyclic) bond motifs is 1. The molecule has 2 aliphatic rings. The molecule has 0 saturated heterocycles. The molecule has 2 aromatic heterocycles. The molecule has 3 amide bonds. The number of carbonyl (C=O) groups is 3. The first-order chi connectivity index (χ1) is 24.6. The van der Waals surface area contributed by atoms with Crippen molar-refractivity contribution in [2.24, 2.45) is 5.73 Å². The van der Waals surface area contributed by atoms with Crippen molar-refractivity contribution in [3.8, 4) is 22.9 Å². The molecule has 3 N–H and O–H groups in total. The molecule has 0 spiro atoms. The third-order valence-electron chi connectivity index (χ3n) is 8.72. The Morgan fingerprint density at radius 1 is 1.06 bits per heavy atom. The van der Waals surface area contributed by atoms with Crippen molar-refractivity contribution in [1.29, 1.82) is 0 Å². The molecular weight excluding hydrogens is 742 g/mol. The SMILES string of the molecule is CC(NC(=O)c1c2n(c(=O)n1-c1ccc(OC3CC3)cc1)CCN(C(=O)c1ccc(Br)c(Cl)c1)C2)c1ccc(OCC(N)=O)cc1-n1cccn1. The Morgan fingerprint density at radius 3 is 2.51 bits per heavy atom. The lowest BCUT2D eigenvalue weighted by atomic mass is 10.0. The molecular formula is C36H33BrClN7O6. The molecule has 1 aliphatic carbocycles. The number of benzene rings is 3. The molecule has 1 unspecified atom stereocenters. The van der Waals surface area contributed by atoms with Crippen LogP contribution in [0.4, 0.5) is 0 Å². The minimum absolute atomic E-state index is 0.0131. The van der Waals surface area contributed by atoms with E-state index >= 15 is 0 Å². The lowest BCUT2D eigenvalue weighted by molar-refractivity contribution is -0.119. The van der Waals surface area contributed by atoms with Gasteiger partial charge in [-0.2, -0.15) is 5.10 Å². The normalized spacial score (nSPS) is 14.5. The predicted octanol–water partition coefficient (Wildman–Crippen LogP) is 4.79. The van der Waals surface area contributed by atoms with E-state index in [1.807, 2.05) is 6.92 Å². The highest BCUT2D eigenvalue weighted by Gasteiger charge is 2.33. The highest BCUT2D eigenvalue weighted by Crippen LogP contribution is 2.30. The van der Waals surface area contributed by atoms with Gasteiger partial charge in [0.25, 0.3) is 17.7 Å². The van der Waals surface area contributed by atoms with Gasteiger partial charge >= 0.3 is 5.69 Å². The molecule has 13 nitrogen and oxygen atoms in total. The molecule has 0 radical (unpaired) electrons. The molecule has 1 aliphatic heterocycles. The van der Waals surface area contributed by atoms with Gasteiger partial charge < -0.3 is 25.4 Å². The Bertz CT molecular complexity index is 2190. The van der Waals surface area contributed by atoms with Gasteiger partial charge in [-0.25, -0.2) is 9.48 Å². The topological polar surface area (TPSA) is 156 Å². The molecule has 7 rings (SSSR count). The van der Waals surface area contributed by atoms with Gasteiger partial charge in [-0.1, -0.05) is 17.7 Å². The summed E-state index contributed by atoms with van der Waals surface area (Å²) in [5, 5.41) is 7.83. The first-order valence-corrected chi connectivity index (χ1v) is 17.5. The highest BCUT2D eigenvalue weighted by atomic mass is 79.9. The maximum absolute atomic E-state index is 14.5. The van der Waals surface area contributed by atoms with Gasteiger partial charge in [-0.3, -0.25) is 23.5 Å². The summed E-state index contributed by atoms with van der Waals surface area (Å²) in [6.07, 6.45) is 5.56. The first-order valence-electron chi connectivity index (χ1n) is 16.3. The van der Waals surface area contributed by atoms with Gasteiger partial charge in [-0.15, -0.1) is 0 Å². The van der Waals surface area contributed by atoms with Crippen LogP contribution in [-0.4, -0.2) is 60.8 Å². The van der Waals surface area contributed by atoms with E-state index in [0.717, 1.165) is 12.8 Å². The van der Waals surface area contributed by atoms with Crippen LogP contribution in [0.5, 0.6) is 11.5 Å². The van der Waals surface area contributed by atoms with Gasteiger partial charge in [0.05, 0.1) is 40.8 Å². The summed E-state index contributed by atoms with van der Waals surface area (Å²) < 4.78 is 16.7. The highest BCUT2D eigenvalue weighted by molar-refractivity contribution is 9.10. The summed E-state index contributed by atoms with van der Waals surface area (Å²) in [6.45, 7) is 1.97. The second-order valence-corrected chi connectivity index (χ2v) is 13.6. The van der Waals surface area contributed by atoms with E-state index in [1.54, 1.807) is 93.3 Å². The molecule has 15 heteroatoms. The number of nitrogens with two attached hydrogens (primary N) is 1. The number of aromatic nitrogens is 4. The number of rotatable bonds is 11. The minimum atomic E-state index is -0.617. The van der Waals surface area contributed by atoms with Crippen molar-refractivity contribution >= 4 is 45.3 Å². The summed E-state index contributed by atoms with van der Waals surface area (Å²) in [5.41, 5.74) is 7.53. The number of nitrogens with one attached hydrogen (secondary N) is 1. The maximum atomic E-state index is 14.5. The van der Waals surface area contributed by atoms with Gasteiger partial charge in [0.15, 0.2) is 6.61 Å². The summed E-state index contributed by atoms with van der Waals surface area (Å²) in [6, 6.07) is 18.3. The Kier molecular flexibility index (Phi) is 9.44. The van der Waals surface area contributed by atoms with Crippen molar-refractivity contribution in [1.82, 2.24) is 29.1 Å². The number of carbonyl (C=O) groups excluding carboxylic acids is 3. The second-order valence-electron chi connectivity index (χ2n) is 12.4. The maximum Gasteiger partial charge on any atom is 0.333 e. The standard InChI is InChI=1S/C36H33BrClN7O6/c1-21(27-11-10-26(50-20-32(39)46)18-30(27)44-14-2-13-40-44)41-34(47)33-31-19-42(35(48)22-3-12-28(37)29(38)17-22)15-16-43(31)36(49)45(33)23-4-6-24(7-5-23)51-25-8-9-25/h2-7,10-14,17-18,21,25H,8-9,15-16,19-20H2,1H3,(H2,39,46)(H,41,47). The number of ether oxygens (including phenoxy) is 2. The van der Waals surface area contributed by atoms with Gasteiger partial charge in [0, 0.05) is 47.1 Å². The largest absolute Gasteiger partial charge is 0.490 e. The zero-order valence-electron chi connectivity index (χ0n) is 27.4. The number of imidazole rings is 1. The van der Waals surface area contributed by atoms with Crippen LogP contribution < -0.4 is 26.2 Å². The number of nitrogens with zero attached hydrogens (tertiary/aromatic N) is 5. The van der Waals surface area contributed by atoms with Crippen molar-refractivity contribution < 1.29 is 23.9 Å². The molecule has 3 heterocycles. The lowest BCUT2D eigenvalue weighted by Gasteiger charge is -2.28. The first kappa shape index (κ1) is 34.1. The van der Waals surface area contributed by atoms with Crippen LogP contribution in [0.25, 0.3) is 11.4 Å². The van der Waals surface area contributed by atoms with Crippen LogP contribution in [0.3, 0.4) is 0 Å². The number of hydrogen-bond donors (Lipinski definition) is 2. The van der Waals surface area contributed by atoms with Crippen molar-refractivity contribution in [2.75, 3.05) is 13.2 Å². The van der Waals surface area contributed by atoms with Crippen LogP contribution in [-0.2, 0) is 17.9 Å². The quantitative estimate of drug-likeness (QED) is 0.196. The van der Waals surface area contributed by atoms with Gasteiger partial charge in [0.2, 0.25) is 0 Å². The van der Waals surface area contributed by atoms with Crippen LogP contribution in [0, 0.1) is 0 Å². The fourth-order valence-electron chi connectivity index (χ4n) is 6.06. The average molecular weight is 775 g/mol. The van der Waals surface area contributed by atoms with Crippen LogP contribution in [0.15, 0.2) is 88.4 Å². The molecule has 1 fully saturated rings. The van der Waals surface area contributed by atoms with Crippen molar-refractivity contribution in [3.05, 3.63) is 122 Å². The summed E-state index contributed by atoms with van der Waals surface area (Å²) >= 11 is 9.66. The van der Waals surface area contributed by atoms with E-state index in [9.17, 15) is 19.2 Å². The van der Waals surface area contributed by atoms with Crippen molar-refractivity contribution in [3.63, 3.8) is 0 Å². The van der Waals surface area contributed by atoms with Gasteiger partial charge in [-0.05, 0) is 90.3 Å². The third-order valence-corrected chi connectivity index (χ3v) is 9.95. The fourth-order valence-corrected chi connectivity index (χ4v) is 6.48. The average Bonchev–Trinajstić information content (AvgIpc) is 3.66. The second kappa shape index (κ2) is 14.1.